The summed E-state index contributed by atoms with van der Waals surface area (Å²) >= 11 is 0. The highest BCUT2D eigenvalue weighted by atomic mass is 14.7. The Morgan fingerprint density at radius 1 is 1.40 bits per heavy atom. The van der Waals surface area contributed by atoms with Gasteiger partial charge in [0.2, 0.25) is 0 Å². The number of benzene rings is 1. The van der Waals surface area contributed by atoms with Crippen molar-refractivity contribution >= 4 is 10.9 Å². The monoisotopic (exact) mass is 200 g/mol. The molecule has 0 saturated heterocycles. The second-order valence-electron chi connectivity index (χ2n) is 4.74. The Morgan fingerprint density at radius 3 is 2.87 bits per heavy atom. The van der Waals surface area contributed by atoms with Gasteiger partial charge in [0.25, 0.3) is 0 Å². The van der Waals surface area contributed by atoms with Gasteiger partial charge in [-0.15, -0.1) is 0 Å². The molecule has 2 aromatic rings. The number of aromatic amines is 1. The third kappa shape index (κ3) is 1.21. The number of nitrogens with two attached hydrogens (primary N) is 1. The lowest BCUT2D eigenvalue weighted by molar-refractivity contribution is 0.711. The maximum atomic E-state index is 5.87. The highest BCUT2D eigenvalue weighted by molar-refractivity contribution is 5.85. The van der Waals surface area contributed by atoms with Crippen LogP contribution in [0, 0.1) is 6.92 Å². The minimum absolute atomic E-state index is 0.285. The van der Waals surface area contributed by atoms with Gasteiger partial charge in [-0.25, -0.2) is 0 Å². The maximum absolute atomic E-state index is 5.87. The molecule has 1 aromatic heterocycles. The molecule has 1 fully saturated rings. The summed E-state index contributed by atoms with van der Waals surface area (Å²) in [4.78, 5) is 3.35. The molecule has 15 heavy (non-hydrogen) atoms. The van der Waals surface area contributed by atoms with E-state index in [4.69, 9.17) is 5.73 Å². The van der Waals surface area contributed by atoms with Crippen LogP contribution in [-0.2, 0) is 5.41 Å². The first-order valence-electron chi connectivity index (χ1n) is 5.53. The Bertz CT molecular complexity index is 506. The van der Waals surface area contributed by atoms with Gasteiger partial charge in [0.1, 0.15) is 0 Å². The Morgan fingerprint density at radius 2 is 2.20 bits per heavy atom. The minimum atomic E-state index is 0.285. The quantitative estimate of drug-likeness (QED) is 0.768. The number of nitrogens with one attached hydrogen (secondary N) is 1. The van der Waals surface area contributed by atoms with Gasteiger partial charge >= 0.3 is 0 Å². The van der Waals surface area contributed by atoms with E-state index in [9.17, 15) is 0 Å². The SMILES string of the molecule is Cc1ccc2c(C3(CN)CC3)c[nH]c2c1. The van der Waals surface area contributed by atoms with Crippen molar-refractivity contribution in [2.24, 2.45) is 5.73 Å². The molecule has 0 spiro atoms. The van der Waals surface area contributed by atoms with Gasteiger partial charge in [-0.1, -0.05) is 12.1 Å². The molecule has 1 heterocycles. The Hall–Kier alpha value is -1.28. The molecule has 1 aromatic carbocycles. The van der Waals surface area contributed by atoms with E-state index < -0.39 is 0 Å². The summed E-state index contributed by atoms with van der Waals surface area (Å²) in [7, 11) is 0. The molecule has 78 valence electrons. The van der Waals surface area contributed by atoms with E-state index in [0.717, 1.165) is 6.54 Å². The van der Waals surface area contributed by atoms with Crippen LogP contribution in [0.1, 0.15) is 24.0 Å². The standard InChI is InChI=1S/C13H16N2/c1-9-2-3-10-11(7-15-12(10)6-9)13(8-14)4-5-13/h2-3,6-7,15H,4-5,8,14H2,1H3. The van der Waals surface area contributed by atoms with E-state index >= 15 is 0 Å². The van der Waals surface area contributed by atoms with Crippen molar-refractivity contribution < 1.29 is 0 Å². The number of H-pyrrole nitrogens is 1. The molecular weight excluding hydrogens is 184 g/mol. The van der Waals surface area contributed by atoms with Gasteiger partial charge in [0.15, 0.2) is 0 Å². The van der Waals surface area contributed by atoms with E-state index in [2.05, 4.69) is 36.3 Å². The molecule has 3 rings (SSSR count). The van der Waals surface area contributed by atoms with Crippen LogP contribution in [0.25, 0.3) is 10.9 Å². The fraction of sp³-hybridized carbons (Fsp3) is 0.385. The van der Waals surface area contributed by atoms with Crippen molar-refractivity contribution in [2.75, 3.05) is 6.54 Å². The van der Waals surface area contributed by atoms with Gasteiger partial charge in [0.05, 0.1) is 0 Å². The molecule has 0 unspecified atom stereocenters. The van der Waals surface area contributed by atoms with Crippen molar-refractivity contribution in [2.45, 2.75) is 25.2 Å². The van der Waals surface area contributed by atoms with E-state index in [-0.39, 0.29) is 5.41 Å². The predicted molar refractivity (Wildman–Crippen MR) is 63.0 cm³/mol. The maximum Gasteiger partial charge on any atom is 0.0459 e. The smallest absolute Gasteiger partial charge is 0.0459 e. The molecule has 1 aliphatic rings. The predicted octanol–water partition coefficient (Wildman–Crippen LogP) is 2.47. The lowest BCUT2D eigenvalue weighted by atomic mass is 9.95. The van der Waals surface area contributed by atoms with Crippen LogP contribution >= 0.6 is 0 Å². The lowest BCUT2D eigenvalue weighted by Gasteiger charge is -2.10. The Labute approximate surface area is 89.5 Å². The van der Waals surface area contributed by atoms with Crippen LogP contribution in [0.4, 0.5) is 0 Å². The molecule has 3 N–H and O–H groups in total. The van der Waals surface area contributed by atoms with E-state index in [0.29, 0.717) is 0 Å². The summed E-state index contributed by atoms with van der Waals surface area (Å²) in [6.07, 6.45) is 4.62. The van der Waals surface area contributed by atoms with Crippen LogP contribution in [0.15, 0.2) is 24.4 Å². The molecule has 2 heteroatoms. The number of aryl methyl sites for hydroxylation is 1. The molecule has 0 atom stereocenters. The zero-order chi connectivity index (χ0) is 10.5. The molecule has 2 nitrogen and oxygen atoms in total. The summed E-state index contributed by atoms with van der Waals surface area (Å²) in [5.74, 6) is 0. The molecule has 0 bridgehead atoms. The largest absolute Gasteiger partial charge is 0.361 e. The summed E-state index contributed by atoms with van der Waals surface area (Å²) in [5, 5.41) is 1.35. The van der Waals surface area contributed by atoms with Crippen molar-refractivity contribution in [3.05, 3.63) is 35.5 Å². The molecule has 1 saturated carbocycles. The molecule has 0 aliphatic heterocycles. The van der Waals surface area contributed by atoms with Gasteiger partial charge in [-0.3, -0.25) is 0 Å². The number of aromatic nitrogens is 1. The van der Waals surface area contributed by atoms with Crippen LogP contribution in [0.3, 0.4) is 0 Å². The van der Waals surface area contributed by atoms with Crippen molar-refractivity contribution in [3.63, 3.8) is 0 Å². The number of rotatable bonds is 2. The van der Waals surface area contributed by atoms with Crippen LogP contribution < -0.4 is 5.73 Å². The summed E-state index contributed by atoms with van der Waals surface area (Å²) < 4.78 is 0. The average molecular weight is 200 g/mol. The average Bonchev–Trinajstić information content (AvgIpc) is 2.93. The van der Waals surface area contributed by atoms with Crippen LogP contribution in [-0.4, -0.2) is 11.5 Å². The second-order valence-corrected chi connectivity index (χ2v) is 4.74. The van der Waals surface area contributed by atoms with E-state index in [1.807, 2.05) is 0 Å². The zero-order valence-electron chi connectivity index (χ0n) is 9.01. The van der Waals surface area contributed by atoms with Gasteiger partial charge < -0.3 is 10.7 Å². The van der Waals surface area contributed by atoms with E-state index in [1.54, 1.807) is 0 Å². The minimum Gasteiger partial charge on any atom is -0.361 e. The third-order valence-electron chi connectivity index (χ3n) is 3.65. The molecular formula is C13H16N2. The fourth-order valence-corrected chi connectivity index (χ4v) is 2.41. The summed E-state index contributed by atoms with van der Waals surface area (Å²) in [6, 6.07) is 6.59. The fourth-order valence-electron chi connectivity index (χ4n) is 2.41. The van der Waals surface area contributed by atoms with Crippen molar-refractivity contribution in [3.8, 4) is 0 Å². The first-order valence-corrected chi connectivity index (χ1v) is 5.53. The summed E-state index contributed by atoms with van der Waals surface area (Å²) in [6.45, 7) is 2.89. The molecule has 1 aliphatic carbocycles. The number of hydrogen-bond donors (Lipinski definition) is 2. The van der Waals surface area contributed by atoms with Crippen molar-refractivity contribution in [1.29, 1.82) is 0 Å². The first-order chi connectivity index (χ1) is 7.25. The highest BCUT2D eigenvalue weighted by Gasteiger charge is 2.44. The van der Waals surface area contributed by atoms with Crippen molar-refractivity contribution in [1.82, 2.24) is 4.98 Å². The van der Waals surface area contributed by atoms with Gasteiger partial charge in [-0.2, -0.15) is 0 Å². The van der Waals surface area contributed by atoms with Crippen LogP contribution in [0.5, 0.6) is 0 Å². The molecule has 0 amide bonds. The molecule has 0 radical (unpaired) electrons. The second kappa shape index (κ2) is 2.86. The number of hydrogen-bond acceptors (Lipinski definition) is 1. The number of fused-ring (bicyclic) bond motifs is 1. The van der Waals surface area contributed by atoms with Crippen LogP contribution in [0.2, 0.25) is 0 Å². The van der Waals surface area contributed by atoms with Gasteiger partial charge in [0, 0.05) is 29.1 Å². The highest BCUT2D eigenvalue weighted by Crippen LogP contribution is 2.49. The van der Waals surface area contributed by atoms with Gasteiger partial charge in [-0.05, 0) is 37.0 Å². The third-order valence-corrected chi connectivity index (χ3v) is 3.65. The normalized spacial score (nSPS) is 18.3. The summed E-state index contributed by atoms with van der Waals surface area (Å²) in [5.41, 5.74) is 10.1. The zero-order valence-corrected chi connectivity index (χ0v) is 9.01. The lowest BCUT2D eigenvalue weighted by Crippen LogP contribution is -2.19. The Balaban J connectivity index is 2.21. The Kier molecular flexibility index (Phi) is 1.71. The first kappa shape index (κ1) is 8.98. The topological polar surface area (TPSA) is 41.8 Å². The van der Waals surface area contributed by atoms with E-state index in [1.165, 1.54) is 34.9 Å².